The summed E-state index contributed by atoms with van der Waals surface area (Å²) in [5, 5.41) is 11.5. The van der Waals surface area contributed by atoms with E-state index in [-0.39, 0.29) is 17.9 Å². The van der Waals surface area contributed by atoms with Gasteiger partial charge in [0.05, 0.1) is 17.2 Å². The smallest absolute Gasteiger partial charge is 0.344 e. The van der Waals surface area contributed by atoms with Crippen molar-refractivity contribution < 1.29 is 19.1 Å². The predicted molar refractivity (Wildman–Crippen MR) is 104 cm³/mol. The van der Waals surface area contributed by atoms with E-state index in [9.17, 15) is 9.90 Å². The second kappa shape index (κ2) is 7.85. The van der Waals surface area contributed by atoms with Gasteiger partial charge in [0, 0.05) is 5.02 Å². The SMILES string of the molecule is CCOC(=O)C1=C(O)/C(=C/c2ccc(C)o2)SC1=Nc1ccc(Cl)cc1. The minimum atomic E-state index is -0.621. The molecule has 0 spiro atoms. The summed E-state index contributed by atoms with van der Waals surface area (Å²) in [6, 6.07) is 10.5. The van der Waals surface area contributed by atoms with E-state index in [1.807, 2.05) is 13.0 Å². The highest BCUT2D eigenvalue weighted by Gasteiger charge is 2.33. The Morgan fingerprint density at radius 2 is 2.04 bits per heavy atom. The van der Waals surface area contributed by atoms with Crippen molar-refractivity contribution in [2.24, 2.45) is 4.99 Å². The molecule has 0 aliphatic carbocycles. The Bertz CT molecular complexity index is 925. The maximum absolute atomic E-state index is 12.3. The van der Waals surface area contributed by atoms with Gasteiger partial charge in [-0.25, -0.2) is 9.79 Å². The molecule has 1 aliphatic heterocycles. The second-order valence-electron chi connectivity index (χ2n) is 5.40. The third kappa shape index (κ3) is 4.03. The second-order valence-corrected chi connectivity index (χ2v) is 6.86. The fourth-order valence-corrected chi connectivity index (χ4v) is 3.43. The highest BCUT2D eigenvalue weighted by Crippen LogP contribution is 2.40. The van der Waals surface area contributed by atoms with Crippen LogP contribution in [0.15, 0.2) is 62.0 Å². The lowest BCUT2D eigenvalue weighted by Crippen LogP contribution is -2.12. The van der Waals surface area contributed by atoms with Crippen LogP contribution in [0.5, 0.6) is 0 Å². The van der Waals surface area contributed by atoms with E-state index >= 15 is 0 Å². The van der Waals surface area contributed by atoms with Crippen molar-refractivity contribution in [1.82, 2.24) is 0 Å². The first-order valence-electron chi connectivity index (χ1n) is 7.89. The molecule has 0 saturated carbocycles. The van der Waals surface area contributed by atoms with Crippen LogP contribution in [-0.2, 0) is 9.53 Å². The number of nitrogens with zero attached hydrogens (tertiary/aromatic N) is 1. The fourth-order valence-electron chi connectivity index (χ4n) is 2.28. The molecule has 1 N–H and O–H groups in total. The molecule has 5 nitrogen and oxygen atoms in total. The number of carbonyl (C=O) groups is 1. The predicted octanol–water partition coefficient (Wildman–Crippen LogP) is 5.43. The van der Waals surface area contributed by atoms with Crippen LogP contribution in [0.1, 0.15) is 18.4 Å². The summed E-state index contributed by atoms with van der Waals surface area (Å²) < 4.78 is 10.6. The van der Waals surface area contributed by atoms with Gasteiger partial charge in [-0.15, -0.1) is 0 Å². The van der Waals surface area contributed by atoms with Crippen LogP contribution in [0.25, 0.3) is 6.08 Å². The van der Waals surface area contributed by atoms with Crippen molar-refractivity contribution >= 4 is 46.1 Å². The number of benzene rings is 1. The molecule has 3 rings (SSSR count). The molecular weight excluding hydrogens is 374 g/mol. The normalized spacial score (nSPS) is 17.3. The summed E-state index contributed by atoms with van der Waals surface area (Å²) in [5.41, 5.74) is 0.655. The van der Waals surface area contributed by atoms with E-state index in [0.717, 1.165) is 5.76 Å². The molecular formula is C19H16ClNO4S. The molecule has 0 radical (unpaired) electrons. The topological polar surface area (TPSA) is 72.0 Å². The summed E-state index contributed by atoms with van der Waals surface area (Å²) in [7, 11) is 0. The third-order valence-electron chi connectivity index (χ3n) is 3.46. The molecule has 1 aliphatic rings. The third-order valence-corrected chi connectivity index (χ3v) is 4.73. The van der Waals surface area contributed by atoms with Gasteiger partial charge in [-0.2, -0.15) is 0 Å². The Morgan fingerprint density at radius 1 is 1.31 bits per heavy atom. The maximum Gasteiger partial charge on any atom is 0.344 e. The molecule has 0 saturated heterocycles. The van der Waals surface area contributed by atoms with E-state index in [1.54, 1.807) is 43.3 Å². The Kier molecular flexibility index (Phi) is 5.54. The molecule has 134 valence electrons. The number of aliphatic hydroxyl groups excluding tert-OH is 1. The quantitative estimate of drug-likeness (QED) is 0.705. The zero-order valence-corrected chi connectivity index (χ0v) is 15.7. The van der Waals surface area contributed by atoms with Gasteiger partial charge in [0.15, 0.2) is 0 Å². The molecule has 1 aromatic carbocycles. The molecule has 0 unspecified atom stereocenters. The summed E-state index contributed by atoms with van der Waals surface area (Å²) in [6.45, 7) is 3.73. The molecule has 1 aromatic heterocycles. The molecule has 2 heterocycles. The average Bonchev–Trinajstić information content (AvgIpc) is 3.14. The lowest BCUT2D eigenvalue weighted by molar-refractivity contribution is -0.138. The number of ether oxygens (including phenoxy) is 1. The van der Waals surface area contributed by atoms with E-state index in [2.05, 4.69) is 4.99 Å². The Balaban J connectivity index is 2.02. The minimum Gasteiger partial charge on any atom is -0.506 e. The monoisotopic (exact) mass is 389 g/mol. The highest BCUT2D eigenvalue weighted by molar-refractivity contribution is 8.18. The first-order valence-corrected chi connectivity index (χ1v) is 9.08. The van der Waals surface area contributed by atoms with Crippen LogP contribution in [0.4, 0.5) is 5.69 Å². The minimum absolute atomic E-state index is 0.0429. The van der Waals surface area contributed by atoms with Gasteiger partial charge >= 0.3 is 5.97 Å². The fraction of sp³-hybridized carbons (Fsp3) is 0.158. The number of halogens is 1. The van der Waals surface area contributed by atoms with Crippen LogP contribution >= 0.6 is 23.4 Å². The van der Waals surface area contributed by atoms with Crippen molar-refractivity contribution in [3.8, 4) is 0 Å². The van der Waals surface area contributed by atoms with Gasteiger partial charge < -0.3 is 14.3 Å². The number of esters is 1. The standard InChI is InChI=1S/C19H16ClNO4S/c1-3-24-19(23)16-17(22)15(10-14-9-4-11(2)25-14)26-18(16)21-13-7-5-12(20)6-8-13/h4-10,22H,3H2,1-2H3/b15-10-,21-18?. The number of rotatable bonds is 4. The van der Waals surface area contributed by atoms with Gasteiger partial charge in [0.1, 0.15) is 27.9 Å². The first-order chi connectivity index (χ1) is 12.5. The lowest BCUT2D eigenvalue weighted by atomic mass is 10.2. The average molecular weight is 390 g/mol. The molecule has 26 heavy (non-hydrogen) atoms. The zero-order valence-electron chi connectivity index (χ0n) is 14.2. The number of hydrogen-bond donors (Lipinski definition) is 1. The van der Waals surface area contributed by atoms with E-state index in [1.165, 1.54) is 11.8 Å². The molecule has 7 heteroatoms. The van der Waals surface area contributed by atoms with Crippen molar-refractivity contribution in [2.45, 2.75) is 13.8 Å². The number of thioether (sulfide) groups is 1. The number of hydrogen-bond acceptors (Lipinski definition) is 6. The molecule has 2 aromatic rings. The summed E-state index contributed by atoms with van der Waals surface area (Å²) in [5.74, 6) is 0.538. The number of aliphatic hydroxyl groups is 1. The van der Waals surface area contributed by atoms with Crippen molar-refractivity contribution in [3.05, 3.63) is 69.2 Å². The number of furan rings is 1. The molecule has 0 amide bonds. The van der Waals surface area contributed by atoms with Crippen LogP contribution in [0.2, 0.25) is 5.02 Å². The van der Waals surface area contributed by atoms with Crippen LogP contribution in [-0.4, -0.2) is 22.7 Å². The van der Waals surface area contributed by atoms with Crippen LogP contribution in [0.3, 0.4) is 0 Å². The van der Waals surface area contributed by atoms with Gasteiger partial charge in [0.2, 0.25) is 0 Å². The highest BCUT2D eigenvalue weighted by atomic mass is 35.5. The van der Waals surface area contributed by atoms with Gasteiger partial charge in [-0.1, -0.05) is 23.4 Å². The summed E-state index contributed by atoms with van der Waals surface area (Å²) >= 11 is 7.07. The Morgan fingerprint density at radius 3 is 2.65 bits per heavy atom. The van der Waals surface area contributed by atoms with E-state index in [4.69, 9.17) is 20.8 Å². The molecule has 0 fully saturated rings. The summed E-state index contributed by atoms with van der Waals surface area (Å²) in [4.78, 5) is 17.2. The van der Waals surface area contributed by atoms with Crippen molar-refractivity contribution in [2.75, 3.05) is 6.61 Å². The van der Waals surface area contributed by atoms with Gasteiger partial charge in [0.25, 0.3) is 0 Å². The van der Waals surface area contributed by atoms with Crippen LogP contribution in [0, 0.1) is 6.92 Å². The van der Waals surface area contributed by atoms with E-state index in [0.29, 0.717) is 26.4 Å². The van der Waals surface area contributed by atoms with Crippen molar-refractivity contribution in [3.63, 3.8) is 0 Å². The maximum atomic E-state index is 12.3. The number of aryl methyl sites for hydroxylation is 1. The van der Waals surface area contributed by atoms with Gasteiger partial charge in [-0.05, 0) is 56.3 Å². The van der Waals surface area contributed by atoms with E-state index < -0.39 is 5.97 Å². The number of aliphatic imine (C=N–C) groups is 1. The zero-order chi connectivity index (χ0) is 18.7. The Hall–Kier alpha value is -2.44. The van der Waals surface area contributed by atoms with Crippen LogP contribution < -0.4 is 0 Å². The first kappa shape index (κ1) is 18.4. The number of carbonyl (C=O) groups excluding carboxylic acids is 1. The van der Waals surface area contributed by atoms with Crippen molar-refractivity contribution in [1.29, 1.82) is 0 Å². The molecule has 0 bridgehead atoms. The lowest BCUT2D eigenvalue weighted by Gasteiger charge is -2.03. The molecule has 0 atom stereocenters. The van der Waals surface area contributed by atoms with Gasteiger partial charge in [-0.3, -0.25) is 0 Å². The summed E-state index contributed by atoms with van der Waals surface area (Å²) in [6.07, 6.45) is 1.66. The largest absolute Gasteiger partial charge is 0.506 e. The Labute approximate surface area is 160 Å².